The van der Waals surface area contributed by atoms with Gasteiger partial charge in [0.25, 0.3) is 0 Å². The molecule has 3 aromatic rings. The molecule has 1 aliphatic rings. The van der Waals surface area contributed by atoms with Crippen LogP contribution in [0.15, 0.2) is 78.9 Å². The largest absolute Gasteiger partial charge is 0.417 e. The Morgan fingerprint density at radius 3 is 2.28 bits per heavy atom. The fraction of sp³-hybridized carbons (Fsp3) is 0.387. The Balaban J connectivity index is 1.51. The Labute approximate surface area is 233 Å². The third kappa shape index (κ3) is 8.39. The number of hydrogen-bond donors (Lipinski definition) is 0. The molecule has 39 heavy (non-hydrogen) atoms. The monoisotopic (exact) mass is 558 g/mol. The van der Waals surface area contributed by atoms with Crippen molar-refractivity contribution in [3.63, 3.8) is 0 Å². The minimum atomic E-state index is -4.51. The molecule has 1 aliphatic heterocycles. The van der Waals surface area contributed by atoms with Crippen LogP contribution < -0.4 is 0 Å². The Bertz CT molecular complexity index is 1140. The van der Waals surface area contributed by atoms with Crippen LogP contribution in [-0.4, -0.2) is 61.5 Å². The average Bonchev–Trinajstić information content (AvgIpc) is 3.38. The molecule has 0 radical (unpaired) electrons. The molecular weight excluding hydrogens is 525 g/mol. The first-order valence-corrected chi connectivity index (χ1v) is 13.7. The van der Waals surface area contributed by atoms with Crippen molar-refractivity contribution < 1.29 is 22.7 Å². The lowest BCUT2D eigenvalue weighted by molar-refractivity contribution is -0.137. The summed E-state index contributed by atoms with van der Waals surface area (Å²) in [5, 5.41) is -0.247. The van der Waals surface area contributed by atoms with Crippen LogP contribution in [-0.2, 0) is 22.3 Å². The van der Waals surface area contributed by atoms with Gasteiger partial charge < -0.3 is 9.53 Å². The maximum Gasteiger partial charge on any atom is 0.417 e. The molecule has 4 nitrogen and oxygen atoms in total. The van der Waals surface area contributed by atoms with Crippen LogP contribution in [0.5, 0.6) is 0 Å². The molecule has 1 atom stereocenters. The van der Waals surface area contributed by atoms with Crippen LogP contribution in [0.2, 0.25) is 5.02 Å². The van der Waals surface area contributed by atoms with E-state index in [1.54, 1.807) is 6.07 Å². The van der Waals surface area contributed by atoms with Gasteiger partial charge in [0.1, 0.15) is 6.29 Å². The molecular formula is C31H34ClF3N2O2. The van der Waals surface area contributed by atoms with E-state index in [4.69, 9.17) is 16.3 Å². The first-order chi connectivity index (χ1) is 18.8. The molecule has 4 rings (SSSR count). The molecule has 8 heteroatoms. The fourth-order valence-corrected chi connectivity index (χ4v) is 5.46. The van der Waals surface area contributed by atoms with E-state index >= 15 is 0 Å². The van der Waals surface area contributed by atoms with Crippen LogP contribution in [0, 0.1) is 0 Å². The highest BCUT2D eigenvalue weighted by Gasteiger charge is 2.34. The molecule has 0 amide bonds. The van der Waals surface area contributed by atoms with Gasteiger partial charge in [-0.2, -0.15) is 13.2 Å². The molecule has 0 aromatic heterocycles. The Hall–Kier alpha value is -2.71. The lowest BCUT2D eigenvalue weighted by Crippen LogP contribution is -2.31. The average molecular weight is 559 g/mol. The number of halogens is 4. The first kappa shape index (κ1) is 29.3. The summed E-state index contributed by atoms with van der Waals surface area (Å²) in [6.45, 7) is 4.07. The van der Waals surface area contributed by atoms with Gasteiger partial charge in [0.2, 0.25) is 0 Å². The van der Waals surface area contributed by atoms with Gasteiger partial charge in [0, 0.05) is 45.2 Å². The SMILES string of the molecule is O=CCN1CCC(OCCCN(Cc2cccc(C(F)(F)F)c2Cl)CC(c2ccccc2)c2ccccc2)C1. The molecule has 1 saturated heterocycles. The van der Waals surface area contributed by atoms with E-state index < -0.39 is 11.7 Å². The predicted molar refractivity (Wildman–Crippen MR) is 148 cm³/mol. The van der Waals surface area contributed by atoms with E-state index in [0.717, 1.165) is 49.4 Å². The highest BCUT2D eigenvalue weighted by Crippen LogP contribution is 2.37. The first-order valence-electron chi connectivity index (χ1n) is 13.3. The van der Waals surface area contributed by atoms with Gasteiger partial charge in [-0.3, -0.25) is 9.80 Å². The third-order valence-electron chi connectivity index (χ3n) is 7.16. The number of carbonyl (C=O) groups excluding carboxylic acids is 1. The molecule has 0 spiro atoms. The normalized spacial score (nSPS) is 16.3. The summed E-state index contributed by atoms with van der Waals surface area (Å²) in [6.07, 6.45) is -1.90. The van der Waals surface area contributed by atoms with Gasteiger partial charge in [0.05, 0.1) is 23.2 Å². The van der Waals surface area contributed by atoms with Gasteiger partial charge in [-0.05, 0) is 35.6 Å². The number of ether oxygens (including phenoxy) is 1. The number of hydrogen-bond acceptors (Lipinski definition) is 4. The molecule has 208 valence electrons. The van der Waals surface area contributed by atoms with Crippen LogP contribution >= 0.6 is 11.6 Å². The van der Waals surface area contributed by atoms with Crippen molar-refractivity contribution >= 4 is 17.9 Å². The molecule has 0 saturated carbocycles. The molecule has 1 heterocycles. The molecule has 0 aliphatic carbocycles. The smallest absolute Gasteiger partial charge is 0.377 e. The Kier molecular flexibility index (Phi) is 10.6. The van der Waals surface area contributed by atoms with Crippen molar-refractivity contribution in [3.05, 3.63) is 106 Å². The molecule has 0 N–H and O–H groups in total. The predicted octanol–water partition coefficient (Wildman–Crippen LogP) is 6.67. The standard InChI is InChI=1S/C31H34ClF3N2O2/c32-30-26(13-7-14-29(30)31(33,34)35)21-37(16-8-20-39-27-15-17-36(22-27)18-19-38)23-28(24-9-3-1-4-10-24)25-11-5-2-6-12-25/h1-7,9-14,19,27-28H,8,15-18,20-23H2. The number of alkyl halides is 3. The zero-order chi connectivity index (χ0) is 27.7. The quantitative estimate of drug-likeness (QED) is 0.173. The zero-order valence-corrected chi connectivity index (χ0v) is 22.6. The van der Waals surface area contributed by atoms with Crippen molar-refractivity contribution in [2.24, 2.45) is 0 Å². The third-order valence-corrected chi connectivity index (χ3v) is 7.60. The highest BCUT2D eigenvalue weighted by molar-refractivity contribution is 6.32. The van der Waals surface area contributed by atoms with Gasteiger partial charge in [0.15, 0.2) is 0 Å². The summed E-state index contributed by atoms with van der Waals surface area (Å²) < 4.78 is 46.7. The fourth-order valence-electron chi connectivity index (χ4n) is 5.17. The molecule has 1 fully saturated rings. The second kappa shape index (κ2) is 14.1. The van der Waals surface area contributed by atoms with Crippen LogP contribution in [0.3, 0.4) is 0 Å². The summed E-state index contributed by atoms with van der Waals surface area (Å²) in [6, 6.07) is 24.4. The van der Waals surface area contributed by atoms with E-state index in [9.17, 15) is 18.0 Å². The second-order valence-corrected chi connectivity index (χ2v) is 10.3. The van der Waals surface area contributed by atoms with Crippen molar-refractivity contribution in [1.82, 2.24) is 9.80 Å². The summed E-state index contributed by atoms with van der Waals surface area (Å²) in [4.78, 5) is 15.0. The Morgan fingerprint density at radius 1 is 1.00 bits per heavy atom. The molecule has 1 unspecified atom stereocenters. The topological polar surface area (TPSA) is 32.8 Å². The van der Waals surface area contributed by atoms with E-state index in [1.807, 2.05) is 36.4 Å². The maximum atomic E-state index is 13.6. The van der Waals surface area contributed by atoms with Crippen LogP contribution in [0.4, 0.5) is 13.2 Å². The zero-order valence-electron chi connectivity index (χ0n) is 21.8. The summed E-state index contributed by atoms with van der Waals surface area (Å²) >= 11 is 6.29. The number of rotatable bonds is 13. The maximum absolute atomic E-state index is 13.6. The molecule has 0 bridgehead atoms. The summed E-state index contributed by atoms with van der Waals surface area (Å²) in [5.41, 5.74) is 1.92. The summed E-state index contributed by atoms with van der Waals surface area (Å²) in [5.74, 6) is 0.0321. The number of aldehydes is 1. The lowest BCUT2D eigenvalue weighted by atomic mass is 9.90. The lowest BCUT2D eigenvalue weighted by Gasteiger charge is -2.29. The van der Waals surface area contributed by atoms with E-state index in [0.29, 0.717) is 31.8 Å². The second-order valence-electron chi connectivity index (χ2n) is 9.95. The Morgan fingerprint density at radius 2 is 1.67 bits per heavy atom. The van der Waals surface area contributed by atoms with Gasteiger partial charge in [-0.15, -0.1) is 0 Å². The number of benzene rings is 3. The summed E-state index contributed by atoms with van der Waals surface area (Å²) in [7, 11) is 0. The van der Waals surface area contributed by atoms with E-state index in [-0.39, 0.29) is 23.6 Å². The van der Waals surface area contributed by atoms with Crippen LogP contribution in [0.1, 0.15) is 41.0 Å². The number of carbonyl (C=O) groups is 1. The number of nitrogens with zero attached hydrogens (tertiary/aromatic N) is 2. The minimum absolute atomic E-state index is 0.0321. The van der Waals surface area contributed by atoms with Gasteiger partial charge >= 0.3 is 6.18 Å². The highest BCUT2D eigenvalue weighted by atomic mass is 35.5. The number of likely N-dealkylation sites (tertiary alicyclic amines) is 1. The van der Waals surface area contributed by atoms with Gasteiger partial charge in [-0.1, -0.05) is 84.4 Å². The minimum Gasteiger partial charge on any atom is -0.377 e. The van der Waals surface area contributed by atoms with Crippen molar-refractivity contribution in [1.29, 1.82) is 0 Å². The van der Waals surface area contributed by atoms with E-state index in [1.165, 1.54) is 6.07 Å². The van der Waals surface area contributed by atoms with Crippen molar-refractivity contribution in [2.75, 3.05) is 39.3 Å². The van der Waals surface area contributed by atoms with Crippen LogP contribution in [0.25, 0.3) is 0 Å². The van der Waals surface area contributed by atoms with E-state index in [2.05, 4.69) is 34.1 Å². The van der Waals surface area contributed by atoms with Crippen molar-refractivity contribution in [3.8, 4) is 0 Å². The van der Waals surface area contributed by atoms with Gasteiger partial charge in [-0.25, -0.2) is 0 Å². The van der Waals surface area contributed by atoms with Crippen molar-refractivity contribution in [2.45, 2.75) is 37.6 Å². The molecule has 3 aromatic carbocycles.